The number of hydrogen-bond acceptors (Lipinski definition) is 1. The monoisotopic (exact) mass is 260 g/mol. The lowest BCUT2D eigenvalue weighted by Gasteiger charge is -2.17. The zero-order valence-electron chi connectivity index (χ0n) is 10.0. The predicted octanol–water partition coefficient (Wildman–Crippen LogP) is 5.15. The minimum absolute atomic E-state index is 0.198. The SMILES string of the molecule is CC(C)(C)CCSCc1c(F)cccc1Cl. The second kappa shape index (κ2) is 5.92. The van der Waals surface area contributed by atoms with Crippen LogP contribution in [0.4, 0.5) is 4.39 Å². The summed E-state index contributed by atoms with van der Waals surface area (Å²) in [5.41, 5.74) is 0.967. The van der Waals surface area contributed by atoms with Gasteiger partial charge in [-0.25, -0.2) is 4.39 Å². The summed E-state index contributed by atoms with van der Waals surface area (Å²) in [7, 11) is 0. The van der Waals surface area contributed by atoms with Crippen molar-refractivity contribution in [2.24, 2.45) is 5.41 Å². The summed E-state index contributed by atoms with van der Waals surface area (Å²) in [6.45, 7) is 6.64. The maximum absolute atomic E-state index is 13.4. The smallest absolute Gasteiger partial charge is 0.128 e. The van der Waals surface area contributed by atoms with Gasteiger partial charge in [-0.05, 0) is 29.7 Å². The zero-order chi connectivity index (χ0) is 12.2. The lowest BCUT2D eigenvalue weighted by molar-refractivity contribution is 0.401. The molecule has 0 heterocycles. The molecular formula is C13H18ClFS. The summed E-state index contributed by atoms with van der Waals surface area (Å²) in [5, 5.41) is 0.531. The maximum Gasteiger partial charge on any atom is 0.128 e. The Kier molecular flexibility index (Phi) is 5.13. The van der Waals surface area contributed by atoms with E-state index in [-0.39, 0.29) is 5.82 Å². The molecule has 1 rings (SSSR count). The van der Waals surface area contributed by atoms with Gasteiger partial charge in [0.15, 0.2) is 0 Å². The predicted molar refractivity (Wildman–Crippen MR) is 71.6 cm³/mol. The van der Waals surface area contributed by atoms with E-state index in [2.05, 4.69) is 20.8 Å². The van der Waals surface area contributed by atoms with Crippen LogP contribution in [0.2, 0.25) is 5.02 Å². The van der Waals surface area contributed by atoms with Crippen LogP contribution >= 0.6 is 23.4 Å². The highest BCUT2D eigenvalue weighted by Gasteiger charge is 2.11. The van der Waals surface area contributed by atoms with Crippen molar-refractivity contribution >= 4 is 23.4 Å². The van der Waals surface area contributed by atoms with Crippen LogP contribution in [0, 0.1) is 11.2 Å². The number of benzene rings is 1. The van der Waals surface area contributed by atoms with Gasteiger partial charge < -0.3 is 0 Å². The first-order valence-electron chi connectivity index (χ1n) is 5.41. The Labute approximate surface area is 107 Å². The van der Waals surface area contributed by atoms with Crippen molar-refractivity contribution in [3.05, 3.63) is 34.6 Å². The van der Waals surface area contributed by atoms with Gasteiger partial charge in [0.1, 0.15) is 5.82 Å². The molecule has 16 heavy (non-hydrogen) atoms. The molecule has 0 bridgehead atoms. The third-order valence-electron chi connectivity index (χ3n) is 2.30. The fourth-order valence-electron chi connectivity index (χ4n) is 1.22. The van der Waals surface area contributed by atoms with E-state index in [1.165, 1.54) is 6.07 Å². The Bertz CT molecular complexity index is 324. The summed E-state index contributed by atoms with van der Waals surface area (Å²) in [6, 6.07) is 4.84. The topological polar surface area (TPSA) is 0 Å². The van der Waals surface area contributed by atoms with Crippen LogP contribution in [0.1, 0.15) is 32.8 Å². The molecule has 1 aromatic carbocycles. The Morgan fingerprint density at radius 1 is 1.31 bits per heavy atom. The first-order valence-corrected chi connectivity index (χ1v) is 6.94. The normalized spacial score (nSPS) is 11.8. The lowest BCUT2D eigenvalue weighted by Crippen LogP contribution is -2.06. The van der Waals surface area contributed by atoms with Crippen LogP contribution in [-0.2, 0) is 5.75 Å². The molecule has 0 nitrogen and oxygen atoms in total. The lowest BCUT2D eigenvalue weighted by atomic mass is 9.94. The van der Waals surface area contributed by atoms with Gasteiger partial charge in [-0.2, -0.15) is 11.8 Å². The number of rotatable bonds is 4. The molecule has 1 aromatic rings. The Morgan fingerprint density at radius 2 is 2.00 bits per heavy atom. The second-order valence-electron chi connectivity index (χ2n) is 5.06. The molecule has 0 N–H and O–H groups in total. The van der Waals surface area contributed by atoms with Crippen molar-refractivity contribution in [3.63, 3.8) is 0 Å². The summed E-state index contributed by atoms with van der Waals surface area (Å²) >= 11 is 7.68. The van der Waals surface area contributed by atoms with Gasteiger partial charge >= 0.3 is 0 Å². The number of thioether (sulfide) groups is 1. The number of halogens is 2. The van der Waals surface area contributed by atoms with E-state index >= 15 is 0 Å². The molecule has 0 unspecified atom stereocenters. The highest BCUT2D eigenvalue weighted by Crippen LogP contribution is 2.27. The summed E-state index contributed by atoms with van der Waals surface area (Å²) < 4.78 is 13.4. The first kappa shape index (κ1) is 13.9. The van der Waals surface area contributed by atoms with E-state index in [1.54, 1.807) is 23.9 Å². The molecule has 0 spiro atoms. The van der Waals surface area contributed by atoms with Crippen LogP contribution in [0.15, 0.2) is 18.2 Å². The molecule has 90 valence electrons. The van der Waals surface area contributed by atoms with E-state index in [9.17, 15) is 4.39 Å². The summed E-state index contributed by atoms with van der Waals surface area (Å²) in [6.07, 6.45) is 1.13. The minimum atomic E-state index is -0.198. The van der Waals surface area contributed by atoms with E-state index in [0.29, 0.717) is 21.8 Å². The highest BCUT2D eigenvalue weighted by atomic mass is 35.5. The molecule has 0 aliphatic carbocycles. The molecule has 0 saturated heterocycles. The molecule has 0 amide bonds. The van der Waals surface area contributed by atoms with E-state index < -0.39 is 0 Å². The molecule has 0 fully saturated rings. The molecule has 0 aromatic heterocycles. The third kappa shape index (κ3) is 4.75. The quantitative estimate of drug-likeness (QED) is 0.675. The minimum Gasteiger partial charge on any atom is -0.207 e. The van der Waals surface area contributed by atoms with E-state index in [1.807, 2.05) is 0 Å². The molecule has 0 saturated carbocycles. The third-order valence-corrected chi connectivity index (χ3v) is 3.64. The van der Waals surface area contributed by atoms with Crippen molar-refractivity contribution in [2.75, 3.05) is 5.75 Å². The average Bonchev–Trinajstić information content (AvgIpc) is 2.14. The van der Waals surface area contributed by atoms with Crippen molar-refractivity contribution in [1.82, 2.24) is 0 Å². The first-order chi connectivity index (χ1) is 7.40. The summed E-state index contributed by atoms with van der Waals surface area (Å²) in [5.74, 6) is 1.49. The fourth-order valence-corrected chi connectivity index (χ4v) is 2.93. The molecule has 0 aliphatic rings. The van der Waals surface area contributed by atoms with Crippen molar-refractivity contribution in [1.29, 1.82) is 0 Å². The Balaban J connectivity index is 2.43. The standard InChI is InChI=1S/C13H18ClFS/c1-13(2,3)7-8-16-9-10-11(14)5-4-6-12(10)15/h4-6H,7-9H2,1-3H3. The van der Waals surface area contributed by atoms with Gasteiger partial charge in [0, 0.05) is 16.3 Å². The fraction of sp³-hybridized carbons (Fsp3) is 0.538. The maximum atomic E-state index is 13.4. The van der Waals surface area contributed by atoms with Crippen LogP contribution in [0.3, 0.4) is 0 Å². The second-order valence-corrected chi connectivity index (χ2v) is 6.58. The van der Waals surface area contributed by atoms with E-state index in [4.69, 9.17) is 11.6 Å². The van der Waals surface area contributed by atoms with Gasteiger partial charge in [0.25, 0.3) is 0 Å². The summed E-state index contributed by atoms with van der Waals surface area (Å²) in [4.78, 5) is 0. The highest BCUT2D eigenvalue weighted by molar-refractivity contribution is 7.98. The zero-order valence-corrected chi connectivity index (χ0v) is 11.6. The van der Waals surface area contributed by atoms with Crippen molar-refractivity contribution in [3.8, 4) is 0 Å². The van der Waals surface area contributed by atoms with Gasteiger partial charge in [-0.1, -0.05) is 38.4 Å². The molecule has 0 aliphatic heterocycles. The van der Waals surface area contributed by atoms with Crippen LogP contribution in [-0.4, -0.2) is 5.75 Å². The Hall–Kier alpha value is -0.210. The average molecular weight is 261 g/mol. The van der Waals surface area contributed by atoms with Crippen LogP contribution in [0.5, 0.6) is 0 Å². The van der Waals surface area contributed by atoms with Gasteiger partial charge in [0.2, 0.25) is 0 Å². The Morgan fingerprint density at radius 3 is 2.56 bits per heavy atom. The number of hydrogen-bond donors (Lipinski definition) is 0. The molecular weight excluding hydrogens is 243 g/mol. The van der Waals surface area contributed by atoms with Gasteiger partial charge in [-0.3, -0.25) is 0 Å². The van der Waals surface area contributed by atoms with Crippen molar-refractivity contribution in [2.45, 2.75) is 32.9 Å². The molecule has 0 radical (unpaired) electrons. The van der Waals surface area contributed by atoms with Crippen LogP contribution < -0.4 is 0 Å². The molecule has 3 heteroatoms. The largest absolute Gasteiger partial charge is 0.207 e. The van der Waals surface area contributed by atoms with Gasteiger partial charge in [-0.15, -0.1) is 0 Å². The molecule has 0 atom stereocenters. The van der Waals surface area contributed by atoms with E-state index in [0.717, 1.165) is 12.2 Å². The van der Waals surface area contributed by atoms with Gasteiger partial charge in [0.05, 0.1) is 0 Å². The van der Waals surface area contributed by atoms with Crippen molar-refractivity contribution < 1.29 is 4.39 Å². The van der Waals surface area contributed by atoms with Crippen LogP contribution in [0.25, 0.3) is 0 Å².